The summed E-state index contributed by atoms with van der Waals surface area (Å²) in [5, 5.41) is 0. The summed E-state index contributed by atoms with van der Waals surface area (Å²) in [6.45, 7) is 1.70. The van der Waals surface area contributed by atoms with E-state index < -0.39 is 27.5 Å². The second-order valence-corrected chi connectivity index (χ2v) is 8.54. The van der Waals surface area contributed by atoms with Crippen LogP contribution in [0.1, 0.15) is 12.0 Å². The molecule has 0 aliphatic carbocycles. The third kappa shape index (κ3) is 4.05. The van der Waals surface area contributed by atoms with Crippen molar-refractivity contribution in [3.63, 3.8) is 0 Å². The number of carbonyl (C=O) groups excluding carboxylic acids is 1. The van der Waals surface area contributed by atoms with E-state index in [0.717, 1.165) is 12.3 Å². The van der Waals surface area contributed by atoms with Gasteiger partial charge in [-0.25, -0.2) is 13.4 Å². The molecule has 10 heteroatoms. The molecule has 25 heavy (non-hydrogen) atoms. The van der Waals surface area contributed by atoms with Gasteiger partial charge in [0.25, 0.3) is 0 Å². The molecule has 2 fully saturated rings. The van der Waals surface area contributed by atoms with E-state index in [4.69, 9.17) is 0 Å². The maximum Gasteiger partial charge on any atom is 0.417 e. The molecule has 0 spiro atoms. The zero-order valence-corrected chi connectivity index (χ0v) is 14.2. The van der Waals surface area contributed by atoms with Crippen LogP contribution in [-0.4, -0.2) is 61.9 Å². The lowest BCUT2D eigenvalue weighted by atomic mass is 10.1. The Balaban J connectivity index is 1.58. The predicted molar refractivity (Wildman–Crippen MR) is 84.8 cm³/mol. The maximum absolute atomic E-state index is 12.6. The highest BCUT2D eigenvalue weighted by Gasteiger charge is 2.36. The van der Waals surface area contributed by atoms with Crippen molar-refractivity contribution in [2.75, 3.05) is 42.6 Å². The molecule has 138 valence electrons. The average Bonchev–Trinajstić information content (AvgIpc) is 2.94. The minimum atomic E-state index is -4.42. The maximum atomic E-state index is 12.6. The summed E-state index contributed by atoms with van der Waals surface area (Å²) in [6, 6.07) is 2.31. The van der Waals surface area contributed by atoms with Gasteiger partial charge >= 0.3 is 6.18 Å². The molecule has 3 rings (SSSR count). The van der Waals surface area contributed by atoms with Gasteiger partial charge in [0.15, 0.2) is 9.84 Å². The Bertz CT molecular complexity index is 742. The first-order valence-corrected chi connectivity index (χ1v) is 9.75. The van der Waals surface area contributed by atoms with Gasteiger partial charge in [0.05, 0.1) is 23.0 Å². The Morgan fingerprint density at radius 2 is 1.84 bits per heavy atom. The molecule has 2 aliphatic rings. The molecule has 0 bridgehead atoms. The lowest BCUT2D eigenvalue weighted by molar-refractivity contribution is -0.138. The van der Waals surface area contributed by atoms with Gasteiger partial charge in [0.1, 0.15) is 5.82 Å². The second kappa shape index (κ2) is 6.47. The van der Waals surface area contributed by atoms with E-state index in [1.54, 1.807) is 4.90 Å². The minimum absolute atomic E-state index is 0.0544. The number of anilines is 1. The molecule has 0 radical (unpaired) electrons. The normalized spacial score (nSPS) is 23.7. The van der Waals surface area contributed by atoms with Crippen molar-refractivity contribution in [2.45, 2.75) is 12.6 Å². The summed E-state index contributed by atoms with van der Waals surface area (Å²) >= 11 is 0. The van der Waals surface area contributed by atoms with E-state index >= 15 is 0 Å². The Labute approximate surface area is 143 Å². The number of hydrogen-bond acceptors (Lipinski definition) is 5. The number of hydrogen-bond donors (Lipinski definition) is 0. The highest BCUT2D eigenvalue weighted by atomic mass is 32.2. The molecule has 0 unspecified atom stereocenters. The summed E-state index contributed by atoms with van der Waals surface area (Å²) in [4.78, 5) is 19.7. The van der Waals surface area contributed by atoms with Crippen LogP contribution in [0.5, 0.6) is 0 Å². The van der Waals surface area contributed by atoms with Crippen molar-refractivity contribution < 1.29 is 26.4 Å². The number of nitrogens with zero attached hydrogens (tertiary/aromatic N) is 3. The van der Waals surface area contributed by atoms with E-state index in [1.807, 2.05) is 4.90 Å². The Kier molecular flexibility index (Phi) is 4.65. The molecule has 0 saturated carbocycles. The zero-order chi connectivity index (χ0) is 18.2. The standard InChI is InChI=1S/C15H18F3N3O3S/c16-15(17,18)12-1-2-13(19-9-12)20-4-6-21(7-5-20)14(22)11-3-8-25(23,24)10-11/h1-2,9,11H,3-8,10H2/t11-/m0/s1. The fourth-order valence-corrected chi connectivity index (χ4v) is 4.88. The van der Waals surface area contributed by atoms with Crippen LogP contribution in [0.15, 0.2) is 18.3 Å². The molecule has 1 amide bonds. The van der Waals surface area contributed by atoms with Gasteiger partial charge in [-0.05, 0) is 18.6 Å². The minimum Gasteiger partial charge on any atom is -0.353 e. The van der Waals surface area contributed by atoms with Crippen LogP contribution < -0.4 is 4.90 Å². The zero-order valence-electron chi connectivity index (χ0n) is 13.4. The SMILES string of the molecule is O=C([C@H]1CCS(=O)(=O)C1)N1CCN(c2ccc(C(F)(F)F)cn2)CC1. The van der Waals surface area contributed by atoms with E-state index in [2.05, 4.69) is 4.98 Å². The lowest BCUT2D eigenvalue weighted by Crippen LogP contribution is -2.50. The summed E-state index contributed by atoms with van der Waals surface area (Å²) in [5.74, 6) is -0.226. The van der Waals surface area contributed by atoms with Crippen molar-refractivity contribution in [3.8, 4) is 0 Å². The summed E-state index contributed by atoms with van der Waals surface area (Å²) in [7, 11) is -3.11. The van der Waals surface area contributed by atoms with Crippen LogP contribution in [0.25, 0.3) is 0 Å². The van der Waals surface area contributed by atoms with Crippen molar-refractivity contribution in [3.05, 3.63) is 23.9 Å². The van der Waals surface area contributed by atoms with Crippen LogP contribution in [0, 0.1) is 5.92 Å². The highest BCUT2D eigenvalue weighted by Crippen LogP contribution is 2.29. The fourth-order valence-electron chi connectivity index (χ4n) is 3.14. The number of rotatable bonds is 2. The molecule has 1 aromatic heterocycles. The quantitative estimate of drug-likeness (QED) is 0.774. The largest absolute Gasteiger partial charge is 0.417 e. The monoisotopic (exact) mass is 377 g/mol. The van der Waals surface area contributed by atoms with Gasteiger partial charge in [-0.3, -0.25) is 4.79 Å². The van der Waals surface area contributed by atoms with Crippen LogP contribution in [0.3, 0.4) is 0 Å². The fraction of sp³-hybridized carbons (Fsp3) is 0.600. The number of amides is 1. The van der Waals surface area contributed by atoms with Crippen LogP contribution in [-0.2, 0) is 20.8 Å². The molecule has 2 saturated heterocycles. The van der Waals surface area contributed by atoms with Gasteiger partial charge < -0.3 is 9.80 Å². The average molecular weight is 377 g/mol. The molecule has 3 heterocycles. The summed E-state index contributed by atoms with van der Waals surface area (Å²) in [5.41, 5.74) is -0.799. The first kappa shape index (κ1) is 18.0. The topological polar surface area (TPSA) is 70.6 Å². The molecule has 1 aromatic rings. The molecule has 0 N–H and O–H groups in total. The van der Waals surface area contributed by atoms with Crippen LogP contribution in [0.2, 0.25) is 0 Å². The van der Waals surface area contributed by atoms with Crippen molar-refractivity contribution in [2.24, 2.45) is 5.92 Å². The Morgan fingerprint density at radius 3 is 2.32 bits per heavy atom. The van der Waals surface area contributed by atoms with E-state index in [1.165, 1.54) is 6.07 Å². The third-order valence-corrected chi connectivity index (χ3v) is 6.34. The number of halogens is 3. The Hall–Kier alpha value is -1.84. The third-order valence-electron chi connectivity index (χ3n) is 4.57. The number of piperazine rings is 1. The molecular weight excluding hydrogens is 359 g/mol. The molecule has 2 aliphatic heterocycles. The first-order valence-electron chi connectivity index (χ1n) is 7.93. The Morgan fingerprint density at radius 1 is 1.16 bits per heavy atom. The molecule has 0 aromatic carbocycles. The highest BCUT2D eigenvalue weighted by molar-refractivity contribution is 7.91. The predicted octanol–water partition coefficient (Wildman–Crippen LogP) is 1.18. The van der Waals surface area contributed by atoms with Crippen molar-refractivity contribution in [1.29, 1.82) is 0 Å². The van der Waals surface area contributed by atoms with Gasteiger partial charge in [-0.15, -0.1) is 0 Å². The number of pyridine rings is 1. The second-order valence-electron chi connectivity index (χ2n) is 6.32. The number of carbonyl (C=O) groups is 1. The van der Waals surface area contributed by atoms with Gasteiger partial charge in [-0.1, -0.05) is 0 Å². The lowest BCUT2D eigenvalue weighted by Gasteiger charge is -2.36. The van der Waals surface area contributed by atoms with E-state index in [-0.39, 0.29) is 17.4 Å². The van der Waals surface area contributed by atoms with Crippen molar-refractivity contribution in [1.82, 2.24) is 9.88 Å². The molecule has 6 nitrogen and oxygen atoms in total. The van der Waals surface area contributed by atoms with Gasteiger partial charge in [0.2, 0.25) is 5.91 Å². The summed E-state index contributed by atoms with van der Waals surface area (Å²) < 4.78 is 60.7. The number of aromatic nitrogens is 1. The van der Waals surface area contributed by atoms with E-state index in [0.29, 0.717) is 38.4 Å². The van der Waals surface area contributed by atoms with Gasteiger partial charge in [-0.2, -0.15) is 13.2 Å². The van der Waals surface area contributed by atoms with E-state index in [9.17, 15) is 26.4 Å². The number of sulfone groups is 1. The van der Waals surface area contributed by atoms with Crippen molar-refractivity contribution >= 4 is 21.6 Å². The smallest absolute Gasteiger partial charge is 0.353 e. The molecular formula is C15H18F3N3O3S. The van der Waals surface area contributed by atoms with Crippen LogP contribution in [0.4, 0.5) is 19.0 Å². The summed E-state index contributed by atoms with van der Waals surface area (Å²) in [6.07, 6.45) is -3.25. The first-order chi connectivity index (χ1) is 11.7. The van der Waals surface area contributed by atoms with Crippen LogP contribution >= 0.6 is 0 Å². The van der Waals surface area contributed by atoms with Gasteiger partial charge in [0, 0.05) is 32.4 Å². The number of alkyl halides is 3. The molecule has 1 atom stereocenters.